The zero-order chi connectivity index (χ0) is 12.8. The molecule has 3 heteroatoms. The maximum absolute atomic E-state index is 5.46. The molecule has 0 aromatic heterocycles. The molecule has 0 spiro atoms. The van der Waals surface area contributed by atoms with E-state index in [9.17, 15) is 0 Å². The summed E-state index contributed by atoms with van der Waals surface area (Å²) in [6.07, 6.45) is 3.23. The summed E-state index contributed by atoms with van der Waals surface area (Å²) in [5.74, 6) is 0.899. The summed E-state index contributed by atoms with van der Waals surface area (Å²) in [5, 5.41) is 3.47. The summed E-state index contributed by atoms with van der Waals surface area (Å²) in [5.41, 5.74) is 2.54. The van der Waals surface area contributed by atoms with Crippen LogP contribution in [-0.2, 0) is 4.74 Å². The number of hydrogen-bond donors (Lipinski definition) is 1. The Balaban J connectivity index is 1.97. The van der Waals surface area contributed by atoms with Gasteiger partial charge in [-0.3, -0.25) is 0 Å². The number of nitrogens with one attached hydrogen (secondary N) is 1. The van der Waals surface area contributed by atoms with Gasteiger partial charge < -0.3 is 14.8 Å². The van der Waals surface area contributed by atoms with Gasteiger partial charge in [0.05, 0.1) is 20.3 Å². The molecule has 2 rings (SSSR count). The van der Waals surface area contributed by atoms with Gasteiger partial charge in [0.25, 0.3) is 0 Å². The van der Waals surface area contributed by atoms with Crippen LogP contribution >= 0.6 is 0 Å². The van der Waals surface area contributed by atoms with E-state index < -0.39 is 0 Å². The van der Waals surface area contributed by atoms with Crippen molar-refractivity contribution >= 4 is 6.08 Å². The topological polar surface area (TPSA) is 30.5 Å². The van der Waals surface area contributed by atoms with E-state index in [2.05, 4.69) is 24.4 Å². The minimum atomic E-state index is 0.445. The average molecular weight is 247 g/mol. The molecule has 0 saturated carbocycles. The smallest absolute Gasteiger partial charge is 0.119 e. The summed E-state index contributed by atoms with van der Waals surface area (Å²) in [6, 6.07) is 8.56. The predicted molar refractivity (Wildman–Crippen MR) is 73.9 cm³/mol. The Labute approximate surface area is 109 Å². The number of morpholine rings is 1. The lowest BCUT2D eigenvalue weighted by Gasteiger charge is -2.24. The molecule has 1 aromatic rings. The number of benzene rings is 1. The summed E-state index contributed by atoms with van der Waals surface area (Å²) >= 11 is 0. The minimum Gasteiger partial charge on any atom is -0.497 e. The third-order valence-corrected chi connectivity index (χ3v) is 3.07. The van der Waals surface area contributed by atoms with Crippen molar-refractivity contribution in [1.29, 1.82) is 0 Å². The van der Waals surface area contributed by atoms with Crippen LogP contribution in [0.5, 0.6) is 5.75 Å². The first-order valence-corrected chi connectivity index (χ1v) is 6.40. The number of hydrogen-bond acceptors (Lipinski definition) is 3. The van der Waals surface area contributed by atoms with Crippen LogP contribution in [0.1, 0.15) is 18.9 Å². The van der Waals surface area contributed by atoms with E-state index in [0.717, 1.165) is 31.9 Å². The van der Waals surface area contributed by atoms with Crippen molar-refractivity contribution in [2.75, 3.05) is 26.9 Å². The molecule has 1 aliphatic heterocycles. The van der Waals surface area contributed by atoms with Gasteiger partial charge in [0.1, 0.15) is 5.75 Å². The second-order valence-corrected chi connectivity index (χ2v) is 4.70. The van der Waals surface area contributed by atoms with E-state index in [1.807, 2.05) is 18.2 Å². The fraction of sp³-hybridized carbons (Fsp3) is 0.467. The van der Waals surface area contributed by atoms with Gasteiger partial charge in [0.15, 0.2) is 0 Å². The molecule has 3 nitrogen and oxygen atoms in total. The van der Waals surface area contributed by atoms with Gasteiger partial charge in [-0.15, -0.1) is 0 Å². The molecule has 0 aliphatic carbocycles. The molecular weight excluding hydrogens is 226 g/mol. The van der Waals surface area contributed by atoms with E-state index in [1.165, 1.54) is 11.1 Å². The quantitative estimate of drug-likeness (QED) is 0.886. The molecule has 1 aromatic carbocycles. The standard InChI is InChI=1S/C15H21NO2/c1-12(9-14-11-18-7-6-16-14)8-13-4-3-5-15(10-13)17-2/h3-5,8,10,14,16H,6-7,9,11H2,1-2H3/b12-8-. The fourth-order valence-corrected chi connectivity index (χ4v) is 2.21. The summed E-state index contributed by atoms with van der Waals surface area (Å²) in [4.78, 5) is 0. The molecule has 98 valence electrons. The van der Waals surface area contributed by atoms with Gasteiger partial charge in [-0.05, 0) is 31.0 Å². The molecule has 1 atom stereocenters. The zero-order valence-electron chi connectivity index (χ0n) is 11.1. The lowest BCUT2D eigenvalue weighted by molar-refractivity contribution is 0.0771. The van der Waals surface area contributed by atoms with E-state index in [-0.39, 0.29) is 0 Å². The van der Waals surface area contributed by atoms with Gasteiger partial charge >= 0.3 is 0 Å². The van der Waals surface area contributed by atoms with Crippen molar-refractivity contribution in [3.63, 3.8) is 0 Å². The van der Waals surface area contributed by atoms with Gasteiger partial charge in [-0.25, -0.2) is 0 Å². The third kappa shape index (κ3) is 3.86. The Morgan fingerprint density at radius 2 is 2.44 bits per heavy atom. The number of ether oxygens (including phenoxy) is 2. The summed E-state index contributed by atoms with van der Waals surface area (Å²) in [6.45, 7) is 4.76. The summed E-state index contributed by atoms with van der Waals surface area (Å²) < 4.78 is 10.7. The molecule has 0 bridgehead atoms. The molecule has 1 fully saturated rings. The first kappa shape index (κ1) is 13.1. The van der Waals surface area contributed by atoms with Crippen molar-refractivity contribution in [1.82, 2.24) is 5.32 Å². The highest BCUT2D eigenvalue weighted by molar-refractivity contribution is 5.54. The maximum Gasteiger partial charge on any atom is 0.119 e. The number of methoxy groups -OCH3 is 1. The summed E-state index contributed by atoms with van der Waals surface area (Å²) in [7, 11) is 1.69. The molecule has 1 N–H and O–H groups in total. The molecule has 1 unspecified atom stereocenters. The maximum atomic E-state index is 5.46. The molecular formula is C15H21NO2. The number of rotatable bonds is 4. The van der Waals surface area contributed by atoms with Gasteiger partial charge in [0.2, 0.25) is 0 Å². The molecule has 18 heavy (non-hydrogen) atoms. The first-order chi connectivity index (χ1) is 8.78. The Kier molecular flexibility index (Phi) is 4.79. The second kappa shape index (κ2) is 6.57. The largest absolute Gasteiger partial charge is 0.497 e. The monoisotopic (exact) mass is 247 g/mol. The first-order valence-electron chi connectivity index (χ1n) is 6.40. The highest BCUT2D eigenvalue weighted by Crippen LogP contribution is 2.17. The van der Waals surface area contributed by atoms with Crippen molar-refractivity contribution in [3.05, 3.63) is 35.4 Å². The lowest BCUT2D eigenvalue weighted by atomic mass is 10.0. The molecule has 0 amide bonds. The van der Waals surface area contributed by atoms with E-state index in [0.29, 0.717) is 6.04 Å². The molecule has 1 saturated heterocycles. The van der Waals surface area contributed by atoms with E-state index >= 15 is 0 Å². The van der Waals surface area contributed by atoms with Gasteiger partial charge in [-0.2, -0.15) is 0 Å². The predicted octanol–water partition coefficient (Wildman–Crippen LogP) is 2.48. The molecule has 1 heterocycles. The van der Waals surface area contributed by atoms with Crippen LogP contribution in [-0.4, -0.2) is 32.9 Å². The van der Waals surface area contributed by atoms with Gasteiger partial charge in [0, 0.05) is 12.6 Å². The Morgan fingerprint density at radius 3 is 3.17 bits per heavy atom. The SMILES string of the molecule is COc1cccc(/C=C(/C)CC2COCCN2)c1. The highest BCUT2D eigenvalue weighted by atomic mass is 16.5. The molecule has 1 aliphatic rings. The Hall–Kier alpha value is -1.32. The van der Waals surface area contributed by atoms with Crippen LogP contribution in [0.25, 0.3) is 6.08 Å². The van der Waals surface area contributed by atoms with Crippen LogP contribution in [0, 0.1) is 0 Å². The van der Waals surface area contributed by atoms with E-state index in [4.69, 9.17) is 9.47 Å². The fourth-order valence-electron chi connectivity index (χ4n) is 2.21. The normalized spacial score (nSPS) is 20.8. The van der Waals surface area contributed by atoms with Crippen molar-refractivity contribution < 1.29 is 9.47 Å². The van der Waals surface area contributed by atoms with Crippen LogP contribution < -0.4 is 10.1 Å². The van der Waals surface area contributed by atoms with Crippen LogP contribution in [0.15, 0.2) is 29.8 Å². The van der Waals surface area contributed by atoms with Crippen molar-refractivity contribution in [2.24, 2.45) is 0 Å². The minimum absolute atomic E-state index is 0.445. The Morgan fingerprint density at radius 1 is 1.56 bits per heavy atom. The van der Waals surface area contributed by atoms with Crippen molar-refractivity contribution in [2.45, 2.75) is 19.4 Å². The van der Waals surface area contributed by atoms with Gasteiger partial charge in [-0.1, -0.05) is 23.8 Å². The van der Waals surface area contributed by atoms with Crippen LogP contribution in [0.3, 0.4) is 0 Å². The third-order valence-electron chi connectivity index (χ3n) is 3.07. The lowest BCUT2D eigenvalue weighted by Crippen LogP contribution is -2.41. The van der Waals surface area contributed by atoms with E-state index in [1.54, 1.807) is 7.11 Å². The van der Waals surface area contributed by atoms with Crippen LogP contribution in [0.2, 0.25) is 0 Å². The molecule has 0 radical (unpaired) electrons. The average Bonchev–Trinajstić information content (AvgIpc) is 2.40. The zero-order valence-corrected chi connectivity index (χ0v) is 11.1. The second-order valence-electron chi connectivity index (χ2n) is 4.70. The van der Waals surface area contributed by atoms with Crippen LogP contribution in [0.4, 0.5) is 0 Å². The van der Waals surface area contributed by atoms with Crippen molar-refractivity contribution in [3.8, 4) is 5.75 Å². The highest BCUT2D eigenvalue weighted by Gasteiger charge is 2.12. The Bertz CT molecular complexity index is 409.